The van der Waals surface area contributed by atoms with Crippen LogP contribution in [0.1, 0.15) is 27.5 Å². The zero-order valence-corrected chi connectivity index (χ0v) is 15.9. The first-order valence-electron chi connectivity index (χ1n) is 9.44. The predicted molar refractivity (Wildman–Crippen MR) is 104 cm³/mol. The quantitative estimate of drug-likeness (QED) is 0.711. The average Bonchev–Trinajstić information content (AvgIpc) is 3.36. The van der Waals surface area contributed by atoms with Gasteiger partial charge in [0.05, 0.1) is 31.0 Å². The van der Waals surface area contributed by atoms with E-state index >= 15 is 0 Å². The largest absolute Gasteiger partial charge is 0.467 e. The van der Waals surface area contributed by atoms with Crippen molar-refractivity contribution in [1.29, 1.82) is 0 Å². The van der Waals surface area contributed by atoms with E-state index in [-0.39, 0.29) is 5.91 Å². The second-order valence-electron chi connectivity index (χ2n) is 6.85. The molecule has 1 N–H and O–H groups in total. The number of carbonyl (C=O) groups excluding carboxylic acids is 1. The number of nitrogens with zero attached hydrogens (tertiary/aromatic N) is 3. The first-order valence-corrected chi connectivity index (χ1v) is 9.44. The number of ether oxygens (including phenoxy) is 1. The van der Waals surface area contributed by atoms with Gasteiger partial charge in [0.2, 0.25) is 0 Å². The molecule has 1 amide bonds. The third-order valence-electron chi connectivity index (χ3n) is 4.92. The molecule has 7 nitrogen and oxygen atoms in total. The van der Waals surface area contributed by atoms with Crippen LogP contribution in [0.25, 0.3) is 5.69 Å². The SMILES string of the molecule is Cc1nccn1-c1ccccc1CNC(=O)c1coc(CN2CCOCC2)c1. The first kappa shape index (κ1) is 18.5. The van der Waals surface area contributed by atoms with Crippen LogP contribution in [0, 0.1) is 6.92 Å². The van der Waals surface area contributed by atoms with Crippen molar-refractivity contribution < 1.29 is 13.9 Å². The summed E-state index contributed by atoms with van der Waals surface area (Å²) in [6.45, 7) is 6.32. The highest BCUT2D eigenvalue weighted by Crippen LogP contribution is 2.17. The molecule has 28 heavy (non-hydrogen) atoms. The molecule has 146 valence electrons. The van der Waals surface area contributed by atoms with Gasteiger partial charge in [0.15, 0.2) is 0 Å². The van der Waals surface area contributed by atoms with Crippen molar-refractivity contribution in [2.75, 3.05) is 26.3 Å². The van der Waals surface area contributed by atoms with Gasteiger partial charge in [-0.2, -0.15) is 0 Å². The minimum absolute atomic E-state index is 0.144. The van der Waals surface area contributed by atoms with Gasteiger partial charge in [0.25, 0.3) is 5.91 Å². The Kier molecular flexibility index (Phi) is 5.55. The number of hydrogen-bond donors (Lipinski definition) is 1. The minimum Gasteiger partial charge on any atom is -0.467 e. The summed E-state index contributed by atoms with van der Waals surface area (Å²) in [6, 6.07) is 9.79. The summed E-state index contributed by atoms with van der Waals surface area (Å²) in [7, 11) is 0. The molecule has 0 unspecified atom stereocenters. The number of nitrogens with one attached hydrogen (secondary N) is 1. The van der Waals surface area contributed by atoms with Gasteiger partial charge in [0, 0.05) is 32.0 Å². The molecule has 0 aliphatic carbocycles. The summed E-state index contributed by atoms with van der Waals surface area (Å²) in [5, 5.41) is 2.99. The smallest absolute Gasteiger partial charge is 0.254 e. The number of rotatable bonds is 6. The summed E-state index contributed by atoms with van der Waals surface area (Å²) < 4.78 is 13.0. The van der Waals surface area contributed by atoms with Gasteiger partial charge < -0.3 is 19.0 Å². The Bertz CT molecular complexity index is 941. The summed E-state index contributed by atoms with van der Waals surface area (Å²) in [5.41, 5.74) is 2.58. The van der Waals surface area contributed by atoms with Crippen molar-refractivity contribution in [1.82, 2.24) is 19.8 Å². The third kappa shape index (κ3) is 4.16. The van der Waals surface area contributed by atoms with Crippen molar-refractivity contribution in [3.8, 4) is 5.69 Å². The lowest BCUT2D eigenvalue weighted by Gasteiger charge is -2.25. The fraction of sp³-hybridized carbons (Fsp3) is 0.333. The number of para-hydroxylation sites is 1. The van der Waals surface area contributed by atoms with Crippen LogP contribution in [0.2, 0.25) is 0 Å². The lowest BCUT2D eigenvalue weighted by Crippen LogP contribution is -2.35. The summed E-state index contributed by atoms with van der Waals surface area (Å²) >= 11 is 0. The first-order chi connectivity index (χ1) is 13.7. The van der Waals surface area contributed by atoms with Crippen LogP contribution in [-0.2, 0) is 17.8 Å². The molecule has 0 radical (unpaired) electrons. The second kappa shape index (κ2) is 8.41. The number of carbonyl (C=O) groups is 1. The van der Waals surface area contributed by atoms with Crippen molar-refractivity contribution in [3.05, 3.63) is 71.7 Å². The van der Waals surface area contributed by atoms with Crippen molar-refractivity contribution >= 4 is 5.91 Å². The Morgan fingerprint density at radius 3 is 2.86 bits per heavy atom. The van der Waals surface area contributed by atoms with E-state index in [1.807, 2.05) is 48.0 Å². The van der Waals surface area contributed by atoms with E-state index < -0.39 is 0 Å². The van der Waals surface area contributed by atoms with Gasteiger partial charge in [-0.15, -0.1) is 0 Å². The van der Waals surface area contributed by atoms with Crippen molar-refractivity contribution in [2.45, 2.75) is 20.0 Å². The Morgan fingerprint density at radius 1 is 1.25 bits per heavy atom. The zero-order valence-electron chi connectivity index (χ0n) is 15.9. The number of benzene rings is 1. The fourth-order valence-electron chi connectivity index (χ4n) is 3.37. The number of hydrogen-bond acceptors (Lipinski definition) is 5. The number of aromatic nitrogens is 2. The van der Waals surface area contributed by atoms with Crippen LogP contribution < -0.4 is 5.32 Å². The molecule has 1 aliphatic rings. The Labute approximate surface area is 163 Å². The molecule has 1 aromatic carbocycles. The second-order valence-corrected chi connectivity index (χ2v) is 6.85. The van der Waals surface area contributed by atoms with Crippen LogP contribution in [-0.4, -0.2) is 46.7 Å². The van der Waals surface area contributed by atoms with Crippen LogP contribution in [0.4, 0.5) is 0 Å². The monoisotopic (exact) mass is 380 g/mol. The van der Waals surface area contributed by atoms with Crippen LogP contribution in [0.5, 0.6) is 0 Å². The maximum atomic E-state index is 12.6. The van der Waals surface area contributed by atoms with E-state index in [9.17, 15) is 4.79 Å². The van der Waals surface area contributed by atoms with Gasteiger partial charge in [-0.3, -0.25) is 9.69 Å². The van der Waals surface area contributed by atoms with E-state index in [0.717, 1.165) is 49.1 Å². The number of imidazole rings is 1. The van der Waals surface area contributed by atoms with E-state index in [1.165, 1.54) is 6.26 Å². The molecule has 0 saturated carbocycles. The molecule has 3 aromatic rings. The van der Waals surface area contributed by atoms with Gasteiger partial charge in [-0.25, -0.2) is 4.98 Å². The Morgan fingerprint density at radius 2 is 2.07 bits per heavy atom. The van der Waals surface area contributed by atoms with Crippen LogP contribution in [0.3, 0.4) is 0 Å². The lowest BCUT2D eigenvalue weighted by atomic mass is 10.1. The molecule has 0 spiro atoms. The molecule has 3 heterocycles. The molecule has 0 bridgehead atoms. The molecule has 7 heteroatoms. The van der Waals surface area contributed by atoms with E-state index in [4.69, 9.17) is 9.15 Å². The third-order valence-corrected chi connectivity index (χ3v) is 4.92. The highest BCUT2D eigenvalue weighted by Gasteiger charge is 2.15. The van der Waals surface area contributed by atoms with Gasteiger partial charge >= 0.3 is 0 Å². The molecular formula is C21H24N4O3. The van der Waals surface area contributed by atoms with E-state index in [2.05, 4.69) is 15.2 Å². The van der Waals surface area contributed by atoms with E-state index in [1.54, 1.807) is 6.20 Å². The average molecular weight is 380 g/mol. The molecule has 4 rings (SSSR count). The number of aryl methyl sites for hydroxylation is 1. The minimum atomic E-state index is -0.144. The summed E-state index contributed by atoms with van der Waals surface area (Å²) in [6.07, 6.45) is 5.22. The Hall–Kier alpha value is -2.90. The summed E-state index contributed by atoms with van der Waals surface area (Å²) in [5.74, 6) is 1.55. The number of furan rings is 1. The normalized spacial score (nSPS) is 14.9. The highest BCUT2D eigenvalue weighted by atomic mass is 16.5. The topological polar surface area (TPSA) is 72.5 Å². The molecule has 1 fully saturated rings. The molecular weight excluding hydrogens is 356 g/mol. The van der Waals surface area contributed by atoms with E-state index in [0.29, 0.717) is 18.7 Å². The van der Waals surface area contributed by atoms with Crippen molar-refractivity contribution in [3.63, 3.8) is 0 Å². The lowest BCUT2D eigenvalue weighted by molar-refractivity contribution is 0.0313. The van der Waals surface area contributed by atoms with Gasteiger partial charge in [-0.1, -0.05) is 18.2 Å². The van der Waals surface area contributed by atoms with Gasteiger partial charge in [0.1, 0.15) is 17.8 Å². The molecule has 1 saturated heterocycles. The molecule has 0 atom stereocenters. The van der Waals surface area contributed by atoms with Crippen molar-refractivity contribution in [2.24, 2.45) is 0 Å². The fourth-order valence-corrected chi connectivity index (χ4v) is 3.37. The maximum absolute atomic E-state index is 12.6. The predicted octanol–water partition coefficient (Wildman–Crippen LogP) is 2.54. The van der Waals surface area contributed by atoms with Gasteiger partial charge in [-0.05, 0) is 24.6 Å². The van der Waals surface area contributed by atoms with Crippen LogP contribution in [0.15, 0.2) is 53.4 Å². The zero-order chi connectivity index (χ0) is 19.3. The standard InChI is InChI=1S/C21H24N4O3/c1-16-22-6-7-25(16)20-5-3-2-4-17(20)13-23-21(26)18-12-19(28-15-18)14-24-8-10-27-11-9-24/h2-7,12,15H,8-11,13-14H2,1H3,(H,23,26). The highest BCUT2D eigenvalue weighted by molar-refractivity contribution is 5.93. The number of morpholine rings is 1. The summed E-state index contributed by atoms with van der Waals surface area (Å²) in [4.78, 5) is 19.1. The molecule has 1 aliphatic heterocycles. The maximum Gasteiger partial charge on any atom is 0.254 e. The molecule has 2 aromatic heterocycles. The Balaban J connectivity index is 1.39. The van der Waals surface area contributed by atoms with Crippen LogP contribution >= 0.6 is 0 Å². The number of amides is 1.